The number of thioether (sulfide) groups is 1. The van der Waals surface area contributed by atoms with Crippen molar-refractivity contribution in [3.05, 3.63) is 113 Å². The Morgan fingerprint density at radius 3 is 2.51 bits per heavy atom. The van der Waals surface area contributed by atoms with Crippen molar-refractivity contribution in [3.63, 3.8) is 0 Å². The average Bonchev–Trinajstić information content (AvgIpc) is 3.54. The molecule has 1 N–H and O–H groups in total. The maximum Gasteiger partial charge on any atom is 0.262 e. The van der Waals surface area contributed by atoms with Gasteiger partial charge in [0.1, 0.15) is 5.25 Å². The highest BCUT2D eigenvalue weighted by atomic mass is 35.5. The van der Waals surface area contributed by atoms with Gasteiger partial charge in [0.25, 0.3) is 5.91 Å². The maximum absolute atomic E-state index is 12.9. The molecule has 4 aromatic carbocycles. The molecule has 2 amide bonds. The lowest BCUT2D eigenvalue weighted by molar-refractivity contribution is -0.121. The number of aliphatic imine (C=N–C) groups is 1. The molecular weight excluding hydrogens is 528 g/mol. The molecule has 2 aliphatic heterocycles. The molecule has 39 heavy (non-hydrogen) atoms. The van der Waals surface area contributed by atoms with E-state index < -0.39 is 5.25 Å². The number of fused-ring (bicyclic) bond motifs is 1. The van der Waals surface area contributed by atoms with Gasteiger partial charge in [-0.15, -0.1) is 0 Å². The highest BCUT2D eigenvalue weighted by Crippen LogP contribution is 2.39. The number of anilines is 1. The predicted molar refractivity (Wildman–Crippen MR) is 159 cm³/mol. The van der Waals surface area contributed by atoms with Crippen LogP contribution in [0.25, 0.3) is 10.8 Å². The summed E-state index contributed by atoms with van der Waals surface area (Å²) in [6.07, 6.45) is 0.678. The topological polar surface area (TPSA) is 74.1 Å². The van der Waals surface area contributed by atoms with Gasteiger partial charge in [0.05, 0.1) is 11.8 Å². The Morgan fingerprint density at radius 1 is 1.00 bits per heavy atom. The van der Waals surface area contributed by atoms with Crippen molar-refractivity contribution in [1.29, 1.82) is 0 Å². The standard InChI is InChI=1S/C31H25ClN4O2S/c1-19-6-14-25(15-7-19)33-29(37)18-28-30(38)34-31(39-28)36-27(21-10-12-24(32)13-11-21)17-26(35-36)23-9-8-20-4-2-3-5-22(20)16-23/h2-16,27-28H,17-18H2,1H3,(H,33,37). The second-order valence-electron chi connectivity index (χ2n) is 9.68. The van der Waals surface area contributed by atoms with Crippen LogP contribution in [-0.4, -0.2) is 33.0 Å². The largest absolute Gasteiger partial charge is 0.326 e. The van der Waals surface area contributed by atoms with E-state index in [-0.39, 0.29) is 24.3 Å². The van der Waals surface area contributed by atoms with Gasteiger partial charge in [-0.25, -0.2) is 5.01 Å². The average molecular weight is 553 g/mol. The summed E-state index contributed by atoms with van der Waals surface area (Å²) < 4.78 is 0. The number of nitrogens with one attached hydrogen (secondary N) is 1. The first kappa shape index (κ1) is 25.3. The molecule has 2 aliphatic rings. The lowest BCUT2D eigenvalue weighted by Crippen LogP contribution is -2.25. The van der Waals surface area contributed by atoms with E-state index in [2.05, 4.69) is 40.6 Å². The molecule has 4 aromatic rings. The molecule has 6 nitrogen and oxygen atoms in total. The van der Waals surface area contributed by atoms with Gasteiger partial charge in [0, 0.05) is 23.6 Å². The molecule has 0 saturated heterocycles. The number of rotatable bonds is 5. The second-order valence-corrected chi connectivity index (χ2v) is 11.3. The van der Waals surface area contributed by atoms with E-state index in [9.17, 15) is 9.59 Å². The molecule has 194 valence electrons. The Morgan fingerprint density at radius 2 is 1.74 bits per heavy atom. The van der Waals surface area contributed by atoms with Crippen molar-refractivity contribution < 1.29 is 9.59 Å². The van der Waals surface area contributed by atoms with Crippen molar-refractivity contribution in [2.45, 2.75) is 31.1 Å². The molecular formula is C31H25ClN4O2S. The summed E-state index contributed by atoms with van der Waals surface area (Å²) in [7, 11) is 0. The number of aryl methyl sites for hydroxylation is 1. The van der Waals surface area contributed by atoms with Crippen LogP contribution in [0.2, 0.25) is 5.02 Å². The van der Waals surface area contributed by atoms with E-state index in [0.29, 0.717) is 22.3 Å². The molecule has 0 aromatic heterocycles. The van der Waals surface area contributed by atoms with E-state index in [4.69, 9.17) is 16.7 Å². The van der Waals surface area contributed by atoms with E-state index in [1.54, 1.807) is 0 Å². The van der Waals surface area contributed by atoms with Gasteiger partial charge in [0.2, 0.25) is 5.91 Å². The molecule has 0 bridgehead atoms. The van der Waals surface area contributed by atoms with Crippen molar-refractivity contribution in [2.75, 3.05) is 5.32 Å². The van der Waals surface area contributed by atoms with E-state index in [0.717, 1.165) is 27.8 Å². The quantitative estimate of drug-likeness (QED) is 0.290. The molecule has 2 unspecified atom stereocenters. The van der Waals surface area contributed by atoms with Gasteiger partial charge in [-0.1, -0.05) is 89.6 Å². The number of hydrogen-bond acceptors (Lipinski definition) is 5. The van der Waals surface area contributed by atoms with Gasteiger partial charge in [-0.3, -0.25) is 9.59 Å². The smallest absolute Gasteiger partial charge is 0.262 e. The Bertz CT molecular complexity index is 1630. The molecule has 0 aliphatic carbocycles. The SMILES string of the molecule is Cc1ccc(NC(=O)CC2SC(N3N=C(c4ccc5ccccc5c4)CC3c3ccc(Cl)cc3)=NC2=O)cc1. The van der Waals surface area contributed by atoms with Crippen molar-refractivity contribution in [3.8, 4) is 0 Å². The number of amides is 2. The first-order valence-corrected chi connectivity index (χ1v) is 14.0. The number of amidine groups is 1. The predicted octanol–water partition coefficient (Wildman–Crippen LogP) is 6.98. The van der Waals surface area contributed by atoms with Crippen LogP contribution >= 0.6 is 23.4 Å². The highest BCUT2D eigenvalue weighted by Gasteiger charge is 2.39. The summed E-state index contributed by atoms with van der Waals surface area (Å²) in [6, 6.07) is 29.6. The van der Waals surface area contributed by atoms with E-state index in [1.165, 1.54) is 17.1 Å². The monoisotopic (exact) mass is 552 g/mol. The minimum absolute atomic E-state index is 0.0328. The molecule has 0 radical (unpaired) electrons. The van der Waals surface area contributed by atoms with Crippen LogP contribution in [0.3, 0.4) is 0 Å². The summed E-state index contributed by atoms with van der Waals surface area (Å²) in [5.74, 6) is -0.546. The fourth-order valence-corrected chi connectivity index (χ4v) is 5.98. The lowest BCUT2D eigenvalue weighted by atomic mass is 9.97. The zero-order valence-electron chi connectivity index (χ0n) is 21.2. The van der Waals surface area contributed by atoms with Crippen LogP contribution in [0, 0.1) is 6.92 Å². The lowest BCUT2D eigenvalue weighted by Gasteiger charge is -2.23. The summed E-state index contributed by atoms with van der Waals surface area (Å²) in [4.78, 5) is 29.9. The fraction of sp³-hybridized carbons (Fsp3) is 0.161. The van der Waals surface area contributed by atoms with Crippen LogP contribution in [0.4, 0.5) is 5.69 Å². The Kier molecular flexibility index (Phi) is 6.94. The molecule has 0 spiro atoms. The minimum Gasteiger partial charge on any atom is -0.326 e. The third-order valence-corrected chi connectivity index (χ3v) is 8.27. The first-order chi connectivity index (χ1) is 18.9. The van der Waals surface area contributed by atoms with Crippen molar-refractivity contribution >= 4 is 62.5 Å². The number of benzene rings is 4. The van der Waals surface area contributed by atoms with Gasteiger partial charge < -0.3 is 5.32 Å². The van der Waals surface area contributed by atoms with E-state index in [1.807, 2.05) is 72.6 Å². The minimum atomic E-state index is -0.601. The summed E-state index contributed by atoms with van der Waals surface area (Å²) in [5, 5.41) is 12.5. The highest BCUT2D eigenvalue weighted by molar-refractivity contribution is 8.15. The molecule has 8 heteroatoms. The fourth-order valence-electron chi connectivity index (χ4n) is 4.80. The molecule has 6 rings (SSSR count). The number of hydrogen-bond donors (Lipinski definition) is 1. The van der Waals surface area contributed by atoms with Crippen molar-refractivity contribution in [2.24, 2.45) is 10.1 Å². The zero-order valence-corrected chi connectivity index (χ0v) is 22.7. The maximum atomic E-state index is 12.9. The number of halogens is 1. The molecule has 0 fully saturated rings. The third kappa shape index (κ3) is 5.46. The van der Waals surface area contributed by atoms with Crippen LogP contribution in [0.5, 0.6) is 0 Å². The zero-order chi connectivity index (χ0) is 26.9. The van der Waals surface area contributed by atoms with Crippen molar-refractivity contribution in [1.82, 2.24) is 5.01 Å². The van der Waals surface area contributed by atoms with Crippen LogP contribution in [0.1, 0.15) is 35.6 Å². The summed E-state index contributed by atoms with van der Waals surface area (Å²) in [6.45, 7) is 1.99. The number of hydrazone groups is 1. The van der Waals surface area contributed by atoms with Crippen LogP contribution in [0.15, 0.2) is 101 Å². The number of carbonyl (C=O) groups is 2. The molecule has 0 saturated carbocycles. The summed E-state index contributed by atoms with van der Waals surface area (Å²) in [5.41, 5.74) is 4.78. The molecule has 2 heterocycles. The van der Waals surface area contributed by atoms with Crippen LogP contribution < -0.4 is 5.32 Å². The van der Waals surface area contributed by atoms with Crippen LogP contribution in [-0.2, 0) is 9.59 Å². The normalized spacial score (nSPS) is 18.8. The number of carbonyl (C=O) groups excluding carboxylic acids is 2. The third-order valence-electron chi connectivity index (χ3n) is 6.88. The van der Waals surface area contributed by atoms with Gasteiger partial charge >= 0.3 is 0 Å². The van der Waals surface area contributed by atoms with Gasteiger partial charge in [0.15, 0.2) is 5.17 Å². The van der Waals surface area contributed by atoms with Gasteiger partial charge in [-0.2, -0.15) is 10.1 Å². The summed E-state index contributed by atoms with van der Waals surface area (Å²) >= 11 is 7.45. The Balaban J connectivity index is 1.24. The second kappa shape index (κ2) is 10.7. The van der Waals surface area contributed by atoms with Gasteiger partial charge in [-0.05, 0) is 59.2 Å². The molecule has 2 atom stereocenters. The first-order valence-electron chi connectivity index (χ1n) is 12.7. The Hall–Kier alpha value is -3.94. The van der Waals surface area contributed by atoms with E-state index >= 15 is 0 Å². The number of nitrogens with zero attached hydrogens (tertiary/aromatic N) is 3. The Labute approximate surface area is 235 Å².